The van der Waals surface area contributed by atoms with Gasteiger partial charge in [0.15, 0.2) is 5.11 Å². The van der Waals surface area contributed by atoms with E-state index in [1.54, 1.807) is 7.11 Å². The lowest BCUT2D eigenvalue weighted by atomic mass is 10.1. The fourth-order valence-electron chi connectivity index (χ4n) is 2.08. The summed E-state index contributed by atoms with van der Waals surface area (Å²) in [5.74, 6) is 1.39. The predicted octanol–water partition coefficient (Wildman–Crippen LogP) is 4.40. The van der Waals surface area contributed by atoms with Crippen molar-refractivity contribution in [2.45, 2.75) is 12.8 Å². The van der Waals surface area contributed by atoms with Crippen LogP contribution in [0.15, 0.2) is 59.7 Å². The third-order valence-corrected chi connectivity index (χ3v) is 3.76. The molecule has 4 nitrogen and oxygen atoms in total. The molecule has 2 N–H and O–H groups in total. The summed E-state index contributed by atoms with van der Waals surface area (Å²) in [5.41, 5.74) is 5.75. The molecular weight excluding hydrogens is 342 g/mol. The number of methoxy groups -OCH3 is 1. The summed E-state index contributed by atoms with van der Waals surface area (Å²) >= 11 is 11.1. The van der Waals surface area contributed by atoms with Crippen molar-refractivity contribution in [1.29, 1.82) is 0 Å². The molecule has 0 amide bonds. The highest BCUT2D eigenvalue weighted by molar-refractivity contribution is 7.80. The number of alkyl halides is 1. The van der Waals surface area contributed by atoms with E-state index in [0.29, 0.717) is 11.0 Å². The Bertz CT molecular complexity index is 674. The van der Waals surface area contributed by atoms with Gasteiger partial charge in [-0.1, -0.05) is 30.3 Å². The summed E-state index contributed by atoms with van der Waals surface area (Å²) in [5, 5.41) is 7.96. The first-order chi connectivity index (χ1) is 11.7. The van der Waals surface area contributed by atoms with Gasteiger partial charge in [0.05, 0.1) is 12.8 Å². The number of hydrogen-bond donors (Lipinski definition) is 2. The van der Waals surface area contributed by atoms with Crippen LogP contribution < -0.4 is 15.5 Å². The second kappa shape index (κ2) is 9.90. The lowest BCUT2D eigenvalue weighted by molar-refractivity contribution is 0.415. The number of rotatable bonds is 7. The molecule has 0 aliphatic rings. The van der Waals surface area contributed by atoms with Crippen LogP contribution in [-0.4, -0.2) is 23.8 Å². The molecule has 0 spiro atoms. The van der Waals surface area contributed by atoms with Crippen LogP contribution in [0.2, 0.25) is 0 Å². The van der Waals surface area contributed by atoms with Crippen molar-refractivity contribution in [3.63, 3.8) is 0 Å². The van der Waals surface area contributed by atoms with Crippen LogP contribution in [0.1, 0.15) is 18.4 Å². The van der Waals surface area contributed by atoms with Crippen LogP contribution in [0.3, 0.4) is 0 Å². The molecule has 0 atom stereocenters. The van der Waals surface area contributed by atoms with Crippen molar-refractivity contribution in [3.8, 4) is 5.75 Å². The number of nitrogens with zero attached hydrogens (tertiary/aromatic N) is 1. The quantitative estimate of drug-likeness (QED) is 0.332. The van der Waals surface area contributed by atoms with Crippen LogP contribution in [0.25, 0.3) is 0 Å². The molecule has 0 saturated carbocycles. The van der Waals surface area contributed by atoms with Gasteiger partial charge in [0.1, 0.15) is 5.75 Å². The molecule has 6 heteroatoms. The number of hydrazone groups is 1. The molecule has 0 radical (unpaired) electrons. The highest BCUT2D eigenvalue weighted by Crippen LogP contribution is 2.14. The molecule has 0 fully saturated rings. The van der Waals surface area contributed by atoms with Crippen molar-refractivity contribution >= 4 is 40.3 Å². The Morgan fingerprint density at radius 1 is 1.12 bits per heavy atom. The number of thiocarbonyl (C=S) groups is 1. The second-order valence-corrected chi connectivity index (χ2v) is 5.80. The Morgan fingerprint density at radius 3 is 2.46 bits per heavy atom. The molecule has 0 bridgehead atoms. The summed E-state index contributed by atoms with van der Waals surface area (Å²) < 4.78 is 5.13. The minimum absolute atomic E-state index is 0.430. The molecule has 126 valence electrons. The van der Waals surface area contributed by atoms with Crippen molar-refractivity contribution in [3.05, 3.63) is 60.2 Å². The van der Waals surface area contributed by atoms with E-state index >= 15 is 0 Å². The maximum atomic E-state index is 5.80. The molecule has 24 heavy (non-hydrogen) atoms. The van der Waals surface area contributed by atoms with Crippen molar-refractivity contribution in [1.82, 2.24) is 5.43 Å². The molecular formula is C18H20ClN3OS. The minimum atomic E-state index is 0.430. The van der Waals surface area contributed by atoms with Gasteiger partial charge in [-0.15, -0.1) is 11.6 Å². The van der Waals surface area contributed by atoms with E-state index in [-0.39, 0.29) is 0 Å². The minimum Gasteiger partial charge on any atom is -0.497 e. The fourth-order valence-corrected chi connectivity index (χ4v) is 2.38. The van der Waals surface area contributed by atoms with Gasteiger partial charge in [0.2, 0.25) is 0 Å². The maximum Gasteiger partial charge on any atom is 0.191 e. The summed E-state index contributed by atoms with van der Waals surface area (Å²) in [6.07, 6.45) is 1.64. The summed E-state index contributed by atoms with van der Waals surface area (Å²) in [4.78, 5) is 0. The highest BCUT2D eigenvalue weighted by Gasteiger charge is 2.04. The van der Waals surface area contributed by atoms with Crippen LogP contribution in [0.5, 0.6) is 5.75 Å². The van der Waals surface area contributed by atoms with Crippen molar-refractivity contribution < 1.29 is 4.74 Å². The number of hydrogen-bond acceptors (Lipinski definition) is 3. The van der Waals surface area contributed by atoms with Crippen LogP contribution >= 0.6 is 23.8 Å². The summed E-state index contributed by atoms with van der Waals surface area (Å²) in [6, 6.07) is 17.5. The SMILES string of the molecule is COc1ccc(NC(=S)N/N=C(\CCCCl)c2ccccc2)cc1. The van der Waals surface area contributed by atoms with E-state index < -0.39 is 0 Å². The lowest BCUT2D eigenvalue weighted by Crippen LogP contribution is -2.25. The van der Waals surface area contributed by atoms with Gasteiger partial charge in [-0.25, -0.2) is 0 Å². The third kappa shape index (κ3) is 5.83. The number of nitrogens with one attached hydrogen (secondary N) is 2. The smallest absolute Gasteiger partial charge is 0.191 e. The normalized spacial score (nSPS) is 11.0. The van der Waals surface area contributed by atoms with Gasteiger partial charge in [-0.3, -0.25) is 5.43 Å². The zero-order valence-corrected chi connectivity index (χ0v) is 15.0. The topological polar surface area (TPSA) is 45.6 Å². The van der Waals surface area contributed by atoms with Crippen LogP contribution in [-0.2, 0) is 0 Å². The first-order valence-electron chi connectivity index (χ1n) is 7.62. The molecule has 2 aromatic carbocycles. The molecule has 0 heterocycles. The Labute approximate surface area is 152 Å². The van der Waals surface area contributed by atoms with E-state index in [0.717, 1.165) is 35.6 Å². The maximum absolute atomic E-state index is 5.80. The molecule has 0 aliphatic heterocycles. The molecule has 0 unspecified atom stereocenters. The fraction of sp³-hybridized carbons (Fsp3) is 0.222. The number of halogens is 1. The number of anilines is 1. The highest BCUT2D eigenvalue weighted by atomic mass is 35.5. The zero-order valence-electron chi connectivity index (χ0n) is 13.5. The van der Waals surface area contributed by atoms with Gasteiger partial charge in [-0.05, 0) is 54.9 Å². The average Bonchev–Trinajstić information content (AvgIpc) is 2.63. The number of ether oxygens (including phenoxy) is 1. The van der Waals surface area contributed by atoms with Crippen molar-refractivity contribution in [2.24, 2.45) is 5.10 Å². The van der Waals surface area contributed by atoms with Gasteiger partial charge in [0, 0.05) is 11.6 Å². The first kappa shape index (κ1) is 18.2. The molecule has 0 saturated heterocycles. The Kier molecular flexibility index (Phi) is 7.52. The summed E-state index contributed by atoms with van der Waals surface area (Å²) in [7, 11) is 1.63. The first-order valence-corrected chi connectivity index (χ1v) is 8.56. The standard InChI is InChI=1S/C18H20ClN3OS/c1-23-16-11-9-15(10-12-16)20-18(24)22-21-17(8-5-13-19)14-6-3-2-4-7-14/h2-4,6-7,9-12H,5,8,13H2,1H3,(H2,20,22,24)/b21-17+. The molecule has 0 aromatic heterocycles. The molecule has 2 rings (SSSR count). The molecule has 2 aromatic rings. The van der Waals surface area contributed by atoms with E-state index in [1.807, 2.05) is 54.6 Å². The molecule has 0 aliphatic carbocycles. The largest absolute Gasteiger partial charge is 0.497 e. The number of benzene rings is 2. The van der Waals surface area contributed by atoms with Gasteiger partial charge < -0.3 is 10.1 Å². The van der Waals surface area contributed by atoms with E-state index in [4.69, 9.17) is 28.6 Å². The van der Waals surface area contributed by atoms with Crippen LogP contribution in [0, 0.1) is 0 Å². The van der Waals surface area contributed by atoms with Gasteiger partial charge in [-0.2, -0.15) is 5.10 Å². The Hall–Kier alpha value is -2.11. The van der Waals surface area contributed by atoms with E-state index in [2.05, 4.69) is 15.8 Å². The van der Waals surface area contributed by atoms with Crippen molar-refractivity contribution in [2.75, 3.05) is 18.3 Å². The monoisotopic (exact) mass is 361 g/mol. The van der Waals surface area contributed by atoms with E-state index in [9.17, 15) is 0 Å². The Morgan fingerprint density at radius 2 is 1.83 bits per heavy atom. The average molecular weight is 362 g/mol. The third-order valence-electron chi connectivity index (χ3n) is 3.29. The van der Waals surface area contributed by atoms with Gasteiger partial charge >= 0.3 is 0 Å². The zero-order chi connectivity index (χ0) is 17.2. The van der Waals surface area contributed by atoms with E-state index in [1.165, 1.54) is 0 Å². The Balaban J connectivity index is 2.00. The summed E-state index contributed by atoms with van der Waals surface area (Å²) in [6.45, 7) is 0. The lowest BCUT2D eigenvalue weighted by Gasteiger charge is -2.10. The predicted molar refractivity (Wildman–Crippen MR) is 105 cm³/mol. The van der Waals surface area contributed by atoms with Gasteiger partial charge in [0.25, 0.3) is 0 Å². The second-order valence-electron chi connectivity index (χ2n) is 5.01. The van der Waals surface area contributed by atoms with Crippen LogP contribution in [0.4, 0.5) is 5.69 Å².